The lowest BCUT2D eigenvalue weighted by Gasteiger charge is -2.27. The van der Waals surface area contributed by atoms with Crippen LogP contribution in [0.3, 0.4) is 0 Å². The van der Waals surface area contributed by atoms with E-state index in [1.165, 1.54) is 16.7 Å². The lowest BCUT2D eigenvalue weighted by atomic mass is 10.00. The highest BCUT2D eigenvalue weighted by Gasteiger charge is 2.39. The van der Waals surface area contributed by atoms with Gasteiger partial charge in [0.1, 0.15) is 0 Å². The minimum Gasteiger partial charge on any atom is -0.377 e. The van der Waals surface area contributed by atoms with Gasteiger partial charge in [0.05, 0.1) is 0 Å². The molecule has 0 N–H and O–H groups in total. The van der Waals surface area contributed by atoms with Gasteiger partial charge in [0.15, 0.2) is 9.04 Å². The topological polar surface area (TPSA) is 27.7 Å². The molecule has 0 amide bonds. The van der Waals surface area contributed by atoms with Crippen LogP contribution in [0.4, 0.5) is 0 Å². The molecule has 0 aromatic heterocycles. The molecule has 2 rings (SSSR count). The predicted octanol–water partition coefficient (Wildman–Crippen LogP) is 4.33. The second-order valence-corrected chi connectivity index (χ2v) is 10.5. The predicted molar refractivity (Wildman–Crippen MR) is 106 cm³/mol. The van der Waals surface area contributed by atoms with Crippen molar-refractivity contribution in [2.24, 2.45) is 0 Å². The number of hydrogen-bond donors (Lipinski definition) is 0. The van der Waals surface area contributed by atoms with Gasteiger partial charge in [0, 0.05) is 19.8 Å². The Morgan fingerprint density at radius 1 is 0.760 bits per heavy atom. The van der Waals surface area contributed by atoms with Gasteiger partial charge in [-0.3, -0.25) is 0 Å². The molecule has 0 atom stereocenters. The van der Waals surface area contributed by atoms with Gasteiger partial charge in [-0.05, 0) is 37.5 Å². The first kappa shape index (κ1) is 19.8. The zero-order valence-corrected chi connectivity index (χ0v) is 17.2. The van der Waals surface area contributed by atoms with Gasteiger partial charge >= 0.3 is 8.32 Å². The molecule has 0 aliphatic heterocycles. The molecule has 0 saturated heterocycles. The third-order valence-electron chi connectivity index (χ3n) is 3.57. The minimum absolute atomic E-state index is 0.356. The Bertz CT molecular complexity index is 586. The Balaban J connectivity index is 2.38. The van der Waals surface area contributed by atoms with E-state index < -0.39 is 8.32 Å². The Morgan fingerprint density at radius 2 is 1.16 bits per heavy atom. The SMILES string of the molecule is CCO[Si](OCC)(OCC)[Si]C=C(c1ccccc1)c1ccccc1. The van der Waals surface area contributed by atoms with Crippen molar-refractivity contribution in [3.63, 3.8) is 0 Å². The van der Waals surface area contributed by atoms with Gasteiger partial charge in [-0.1, -0.05) is 66.4 Å². The van der Waals surface area contributed by atoms with Crippen molar-refractivity contribution in [1.29, 1.82) is 0 Å². The molecule has 3 nitrogen and oxygen atoms in total. The van der Waals surface area contributed by atoms with Crippen molar-refractivity contribution in [3.05, 3.63) is 77.5 Å². The van der Waals surface area contributed by atoms with Gasteiger partial charge in [0.25, 0.3) is 0 Å². The van der Waals surface area contributed by atoms with E-state index in [0.29, 0.717) is 28.9 Å². The Kier molecular flexibility index (Phi) is 8.30. The maximum absolute atomic E-state index is 5.99. The largest absolute Gasteiger partial charge is 0.469 e. The van der Waals surface area contributed by atoms with Crippen LogP contribution in [-0.4, -0.2) is 37.2 Å². The normalized spacial score (nSPS) is 11.3. The quantitative estimate of drug-likeness (QED) is 0.583. The van der Waals surface area contributed by atoms with Crippen LogP contribution in [-0.2, 0) is 13.3 Å². The third-order valence-corrected chi connectivity index (χ3v) is 9.15. The molecule has 2 aromatic rings. The zero-order valence-electron chi connectivity index (χ0n) is 15.2. The molecule has 2 aromatic carbocycles. The molecule has 132 valence electrons. The van der Waals surface area contributed by atoms with Crippen molar-refractivity contribution in [3.8, 4) is 0 Å². The van der Waals surface area contributed by atoms with E-state index in [1.807, 2.05) is 32.9 Å². The fourth-order valence-corrected chi connectivity index (χ4v) is 7.86. The summed E-state index contributed by atoms with van der Waals surface area (Å²) in [5, 5.41) is 0. The molecule has 0 aliphatic carbocycles. The molecular formula is C20H26O3Si2. The summed E-state index contributed by atoms with van der Waals surface area (Å²) in [6.45, 7) is 7.76. The zero-order chi connectivity index (χ0) is 18.0. The standard InChI is InChI=1S/C20H26O3Si2/c1-4-21-25(22-5-2,23-6-3)24-17-20(18-13-9-7-10-14-18)19-15-11-8-12-16-19/h7-17H,4-6H2,1-3H3. The van der Waals surface area contributed by atoms with E-state index in [-0.39, 0.29) is 0 Å². The minimum atomic E-state index is -2.67. The van der Waals surface area contributed by atoms with Crippen LogP contribution in [0.25, 0.3) is 5.57 Å². The molecular weight excluding hydrogens is 344 g/mol. The summed E-state index contributed by atoms with van der Waals surface area (Å²) in [6, 6.07) is 20.9. The first-order valence-corrected chi connectivity index (χ1v) is 12.6. The molecule has 0 heterocycles. The van der Waals surface area contributed by atoms with Crippen molar-refractivity contribution in [2.45, 2.75) is 20.8 Å². The highest BCUT2D eigenvalue weighted by molar-refractivity contribution is 7.16. The van der Waals surface area contributed by atoms with E-state index in [9.17, 15) is 0 Å². The fourth-order valence-electron chi connectivity index (χ4n) is 2.55. The van der Waals surface area contributed by atoms with Crippen LogP contribution in [0.15, 0.2) is 66.4 Å². The molecule has 0 spiro atoms. The van der Waals surface area contributed by atoms with Crippen LogP contribution >= 0.6 is 0 Å². The van der Waals surface area contributed by atoms with Crippen LogP contribution in [0.2, 0.25) is 0 Å². The lowest BCUT2D eigenvalue weighted by Crippen LogP contribution is -2.51. The fraction of sp³-hybridized carbons (Fsp3) is 0.300. The highest BCUT2D eigenvalue weighted by atomic mass is 29.2. The van der Waals surface area contributed by atoms with Crippen molar-refractivity contribution < 1.29 is 13.3 Å². The summed E-state index contributed by atoms with van der Waals surface area (Å²) < 4.78 is 18.0. The highest BCUT2D eigenvalue weighted by Crippen LogP contribution is 2.23. The van der Waals surface area contributed by atoms with Crippen LogP contribution in [0, 0.1) is 0 Å². The number of benzene rings is 2. The Labute approximate surface area is 154 Å². The number of rotatable bonds is 10. The second kappa shape index (κ2) is 10.5. The molecule has 0 fully saturated rings. The van der Waals surface area contributed by atoms with Gasteiger partial charge < -0.3 is 13.3 Å². The van der Waals surface area contributed by atoms with Gasteiger partial charge in [-0.25, -0.2) is 0 Å². The molecule has 0 bridgehead atoms. The molecule has 0 saturated carbocycles. The van der Waals surface area contributed by atoms with Crippen molar-refractivity contribution in [2.75, 3.05) is 19.8 Å². The van der Waals surface area contributed by atoms with E-state index in [4.69, 9.17) is 13.3 Å². The van der Waals surface area contributed by atoms with Gasteiger partial charge in [0.2, 0.25) is 0 Å². The van der Waals surface area contributed by atoms with Crippen LogP contribution in [0.1, 0.15) is 31.9 Å². The summed E-state index contributed by atoms with van der Waals surface area (Å²) in [6.07, 6.45) is 0. The molecule has 5 heteroatoms. The first-order valence-electron chi connectivity index (χ1n) is 8.75. The molecule has 25 heavy (non-hydrogen) atoms. The summed E-state index contributed by atoms with van der Waals surface area (Å²) in [7, 11) is -2.32. The monoisotopic (exact) mass is 370 g/mol. The van der Waals surface area contributed by atoms with E-state index in [1.54, 1.807) is 0 Å². The molecule has 0 aliphatic rings. The van der Waals surface area contributed by atoms with Gasteiger partial charge in [-0.15, -0.1) is 0 Å². The molecule has 0 unspecified atom stereocenters. The summed E-state index contributed by atoms with van der Waals surface area (Å²) in [4.78, 5) is 0. The van der Waals surface area contributed by atoms with E-state index in [0.717, 1.165) is 0 Å². The van der Waals surface area contributed by atoms with Crippen LogP contribution in [0.5, 0.6) is 0 Å². The lowest BCUT2D eigenvalue weighted by molar-refractivity contribution is 0.0933. The van der Waals surface area contributed by atoms with Crippen molar-refractivity contribution in [1.82, 2.24) is 0 Å². The van der Waals surface area contributed by atoms with Crippen molar-refractivity contribution >= 4 is 22.9 Å². The maximum Gasteiger partial charge on any atom is 0.469 e. The Hall–Kier alpha value is -1.51. The van der Waals surface area contributed by atoms with E-state index >= 15 is 0 Å². The first-order chi connectivity index (χ1) is 12.2. The smallest absolute Gasteiger partial charge is 0.377 e. The third kappa shape index (κ3) is 5.76. The summed E-state index contributed by atoms with van der Waals surface area (Å²) in [5.41, 5.74) is 5.80. The average Bonchev–Trinajstić information content (AvgIpc) is 2.64. The maximum atomic E-state index is 5.99. The average molecular weight is 371 g/mol. The second-order valence-electron chi connectivity index (χ2n) is 5.29. The number of hydrogen-bond acceptors (Lipinski definition) is 3. The van der Waals surface area contributed by atoms with Crippen LogP contribution < -0.4 is 0 Å². The summed E-state index contributed by atoms with van der Waals surface area (Å²) in [5.74, 6) is 0. The summed E-state index contributed by atoms with van der Waals surface area (Å²) >= 11 is 0. The Morgan fingerprint density at radius 3 is 1.52 bits per heavy atom. The molecule has 2 radical (unpaired) electrons. The van der Waals surface area contributed by atoms with Gasteiger partial charge in [-0.2, -0.15) is 0 Å². The van der Waals surface area contributed by atoms with E-state index in [2.05, 4.69) is 54.2 Å².